The Labute approximate surface area is 92.4 Å². The van der Waals surface area contributed by atoms with Gasteiger partial charge in [-0.3, -0.25) is 0 Å². The number of anilines is 1. The molecular formula is C8H5ClF3NO3. The van der Waals surface area contributed by atoms with E-state index in [1.165, 1.54) is 0 Å². The number of rotatable bonds is 2. The van der Waals surface area contributed by atoms with Gasteiger partial charge in [0.1, 0.15) is 11.3 Å². The molecule has 0 bridgehead atoms. The molecule has 0 spiro atoms. The van der Waals surface area contributed by atoms with Crippen molar-refractivity contribution in [3.63, 3.8) is 0 Å². The molecule has 0 saturated heterocycles. The predicted molar refractivity (Wildman–Crippen MR) is 49.5 cm³/mol. The molecule has 0 fully saturated rings. The summed E-state index contributed by atoms with van der Waals surface area (Å²) in [7, 11) is 0. The molecule has 0 heterocycles. The van der Waals surface area contributed by atoms with Gasteiger partial charge in [0.25, 0.3) is 0 Å². The summed E-state index contributed by atoms with van der Waals surface area (Å²) in [6.07, 6.45) is -4.89. The summed E-state index contributed by atoms with van der Waals surface area (Å²) in [5.41, 5.74) is 4.36. The average molecular weight is 256 g/mol. The van der Waals surface area contributed by atoms with Crippen LogP contribution in [0.4, 0.5) is 18.9 Å². The maximum absolute atomic E-state index is 11.8. The lowest BCUT2D eigenvalue weighted by Crippen LogP contribution is -2.17. The second-order valence-electron chi connectivity index (χ2n) is 2.72. The number of carbonyl (C=O) groups is 1. The second-order valence-corrected chi connectivity index (χ2v) is 3.13. The first-order valence-corrected chi connectivity index (χ1v) is 4.16. The Morgan fingerprint density at radius 3 is 2.38 bits per heavy atom. The summed E-state index contributed by atoms with van der Waals surface area (Å²) in [6.45, 7) is 0. The summed E-state index contributed by atoms with van der Waals surface area (Å²) < 4.78 is 39.1. The molecule has 0 aliphatic carbocycles. The van der Waals surface area contributed by atoms with Crippen LogP contribution < -0.4 is 10.5 Å². The van der Waals surface area contributed by atoms with Crippen molar-refractivity contribution in [1.82, 2.24) is 0 Å². The van der Waals surface area contributed by atoms with Crippen LogP contribution in [0.3, 0.4) is 0 Å². The fraction of sp³-hybridized carbons (Fsp3) is 0.125. The van der Waals surface area contributed by atoms with Crippen LogP contribution >= 0.6 is 11.6 Å². The van der Waals surface area contributed by atoms with E-state index < -0.39 is 34.4 Å². The molecule has 4 nitrogen and oxygen atoms in total. The lowest BCUT2D eigenvalue weighted by Gasteiger charge is -2.11. The van der Waals surface area contributed by atoms with Gasteiger partial charge in [0.05, 0.1) is 10.7 Å². The smallest absolute Gasteiger partial charge is 0.478 e. The number of nitrogen functional groups attached to an aromatic ring is 1. The Balaban J connectivity index is 3.15. The zero-order valence-electron chi connectivity index (χ0n) is 7.51. The Kier molecular flexibility index (Phi) is 3.18. The largest absolute Gasteiger partial charge is 0.573 e. The van der Waals surface area contributed by atoms with E-state index in [0.29, 0.717) is 0 Å². The molecule has 1 aromatic carbocycles. The summed E-state index contributed by atoms with van der Waals surface area (Å²) in [6, 6.07) is 1.47. The number of aromatic carboxylic acids is 1. The maximum atomic E-state index is 11.8. The van der Waals surface area contributed by atoms with Crippen LogP contribution in [0.15, 0.2) is 12.1 Å². The van der Waals surface area contributed by atoms with E-state index in [4.69, 9.17) is 22.4 Å². The first-order chi connectivity index (χ1) is 7.20. The average Bonchev–Trinajstić information content (AvgIpc) is 1.96. The van der Waals surface area contributed by atoms with Gasteiger partial charge in [-0.2, -0.15) is 0 Å². The van der Waals surface area contributed by atoms with Crippen LogP contribution in [-0.2, 0) is 0 Å². The van der Waals surface area contributed by atoms with Gasteiger partial charge < -0.3 is 15.6 Å². The molecule has 0 unspecified atom stereocenters. The van der Waals surface area contributed by atoms with Gasteiger partial charge in [-0.25, -0.2) is 4.79 Å². The number of alkyl halides is 3. The number of hydrogen-bond donors (Lipinski definition) is 2. The predicted octanol–water partition coefficient (Wildman–Crippen LogP) is 2.52. The normalized spacial score (nSPS) is 11.2. The molecule has 0 atom stereocenters. The van der Waals surface area contributed by atoms with E-state index in [0.717, 1.165) is 12.1 Å². The molecule has 0 aliphatic rings. The van der Waals surface area contributed by atoms with Crippen LogP contribution in [0.1, 0.15) is 10.4 Å². The Hall–Kier alpha value is -1.63. The highest BCUT2D eigenvalue weighted by Crippen LogP contribution is 2.31. The van der Waals surface area contributed by atoms with Crippen molar-refractivity contribution in [2.45, 2.75) is 6.36 Å². The van der Waals surface area contributed by atoms with Crippen LogP contribution in [0.2, 0.25) is 5.02 Å². The van der Waals surface area contributed by atoms with Crippen molar-refractivity contribution >= 4 is 23.3 Å². The number of nitrogens with two attached hydrogens (primary N) is 1. The molecule has 0 amide bonds. The van der Waals surface area contributed by atoms with Crippen molar-refractivity contribution in [3.8, 4) is 5.75 Å². The molecule has 3 N–H and O–H groups in total. The number of halogens is 4. The van der Waals surface area contributed by atoms with Crippen molar-refractivity contribution in [3.05, 3.63) is 22.7 Å². The van der Waals surface area contributed by atoms with Gasteiger partial charge in [0, 0.05) is 12.1 Å². The molecule has 8 heteroatoms. The zero-order valence-corrected chi connectivity index (χ0v) is 8.26. The lowest BCUT2D eigenvalue weighted by molar-refractivity contribution is -0.274. The molecule has 16 heavy (non-hydrogen) atoms. The first-order valence-electron chi connectivity index (χ1n) is 3.79. The summed E-state index contributed by atoms with van der Waals surface area (Å²) >= 11 is 5.45. The number of benzene rings is 1. The van der Waals surface area contributed by atoms with Crippen molar-refractivity contribution in [2.75, 3.05) is 5.73 Å². The van der Waals surface area contributed by atoms with E-state index in [-0.39, 0.29) is 0 Å². The molecule has 0 aliphatic heterocycles. The topological polar surface area (TPSA) is 72.5 Å². The SMILES string of the molecule is Nc1cc(OC(F)(F)F)cc(Cl)c1C(=O)O. The van der Waals surface area contributed by atoms with Gasteiger partial charge in [0.15, 0.2) is 0 Å². The highest BCUT2D eigenvalue weighted by atomic mass is 35.5. The van der Waals surface area contributed by atoms with E-state index in [1.54, 1.807) is 0 Å². The number of hydrogen-bond acceptors (Lipinski definition) is 3. The monoisotopic (exact) mass is 255 g/mol. The highest BCUT2D eigenvalue weighted by molar-refractivity contribution is 6.34. The molecule has 1 rings (SSSR count). The Morgan fingerprint density at radius 1 is 1.44 bits per heavy atom. The van der Waals surface area contributed by atoms with Gasteiger partial charge in [-0.1, -0.05) is 11.6 Å². The molecule has 0 radical (unpaired) electrons. The summed E-state index contributed by atoms with van der Waals surface area (Å²) in [5.74, 6) is -2.10. The van der Waals surface area contributed by atoms with E-state index >= 15 is 0 Å². The molecule has 0 aromatic heterocycles. The zero-order chi connectivity index (χ0) is 12.5. The van der Waals surface area contributed by atoms with Crippen molar-refractivity contribution in [2.24, 2.45) is 0 Å². The van der Waals surface area contributed by atoms with E-state index in [9.17, 15) is 18.0 Å². The molecule has 0 saturated carbocycles. The van der Waals surface area contributed by atoms with E-state index in [1.807, 2.05) is 0 Å². The van der Waals surface area contributed by atoms with Gasteiger partial charge in [-0.15, -0.1) is 13.2 Å². The highest BCUT2D eigenvalue weighted by Gasteiger charge is 2.31. The van der Waals surface area contributed by atoms with Gasteiger partial charge >= 0.3 is 12.3 Å². The third kappa shape index (κ3) is 2.93. The van der Waals surface area contributed by atoms with Crippen LogP contribution in [0.5, 0.6) is 5.75 Å². The van der Waals surface area contributed by atoms with Crippen LogP contribution in [0.25, 0.3) is 0 Å². The van der Waals surface area contributed by atoms with Crippen molar-refractivity contribution < 1.29 is 27.8 Å². The minimum Gasteiger partial charge on any atom is -0.478 e. The fourth-order valence-electron chi connectivity index (χ4n) is 1.02. The number of ether oxygens (including phenoxy) is 1. The Morgan fingerprint density at radius 2 is 2.00 bits per heavy atom. The third-order valence-electron chi connectivity index (χ3n) is 1.54. The number of carboxylic acid groups (broad SMARTS) is 1. The molecular weight excluding hydrogens is 251 g/mol. The standard InChI is InChI=1S/C8H5ClF3NO3/c9-4-1-3(16-8(10,11)12)2-5(13)6(4)7(14)15/h1-2H,13H2,(H,14,15). The lowest BCUT2D eigenvalue weighted by atomic mass is 10.2. The third-order valence-corrected chi connectivity index (χ3v) is 1.84. The number of carboxylic acids is 1. The van der Waals surface area contributed by atoms with Gasteiger partial charge in [0.2, 0.25) is 0 Å². The minimum absolute atomic E-state index is 0.403. The Bertz CT molecular complexity index is 410. The summed E-state index contributed by atoms with van der Waals surface area (Å²) in [5, 5.41) is 8.22. The van der Waals surface area contributed by atoms with Crippen molar-refractivity contribution in [1.29, 1.82) is 0 Å². The molecule has 88 valence electrons. The minimum atomic E-state index is -4.89. The second kappa shape index (κ2) is 4.09. The fourth-order valence-corrected chi connectivity index (χ4v) is 1.32. The van der Waals surface area contributed by atoms with Crippen LogP contribution in [-0.4, -0.2) is 17.4 Å². The summed E-state index contributed by atoms with van der Waals surface area (Å²) in [4.78, 5) is 10.6. The van der Waals surface area contributed by atoms with Gasteiger partial charge in [-0.05, 0) is 0 Å². The maximum Gasteiger partial charge on any atom is 0.573 e. The van der Waals surface area contributed by atoms with Crippen LogP contribution in [0, 0.1) is 0 Å². The first kappa shape index (κ1) is 12.4. The molecule has 1 aromatic rings. The quantitative estimate of drug-likeness (QED) is 0.797. The van der Waals surface area contributed by atoms with E-state index in [2.05, 4.69) is 4.74 Å².